The third-order valence-electron chi connectivity index (χ3n) is 2.22. The molecule has 4 heteroatoms. The van der Waals surface area contributed by atoms with E-state index in [1.807, 2.05) is 0 Å². The molecular weight excluding hydrogens is 197 g/mol. The summed E-state index contributed by atoms with van der Waals surface area (Å²) < 4.78 is 13.0. The number of carbonyl (C=O) groups is 1. The lowest BCUT2D eigenvalue weighted by molar-refractivity contribution is -0.138. The summed E-state index contributed by atoms with van der Waals surface area (Å²) in [5.41, 5.74) is 0.683. The highest BCUT2D eigenvalue weighted by Gasteiger charge is 2.17. The average molecular weight is 211 g/mol. The summed E-state index contributed by atoms with van der Waals surface area (Å²) in [7, 11) is 3.55. The Kier molecular flexibility index (Phi) is 3.80. The predicted molar refractivity (Wildman–Crippen MR) is 55.1 cm³/mol. The molecule has 1 aromatic rings. The lowest BCUT2D eigenvalue weighted by Crippen LogP contribution is -2.22. The molecule has 0 amide bonds. The maximum atomic E-state index is 13.0. The molecule has 0 bridgehead atoms. The van der Waals surface area contributed by atoms with E-state index < -0.39 is 5.97 Å². The normalized spacial score (nSPS) is 12.8. The van der Waals surface area contributed by atoms with Crippen molar-refractivity contribution in [3.63, 3.8) is 0 Å². The van der Waals surface area contributed by atoms with E-state index in [0.29, 0.717) is 5.56 Å². The SMILES string of the molecule is CN(C)C(CC(=O)O)c1cccc(F)c1. The van der Waals surface area contributed by atoms with Crippen LogP contribution in [0.5, 0.6) is 0 Å². The first-order chi connectivity index (χ1) is 7.00. The van der Waals surface area contributed by atoms with Gasteiger partial charge >= 0.3 is 5.97 Å². The predicted octanol–water partition coefficient (Wildman–Crippen LogP) is 1.90. The molecule has 3 nitrogen and oxygen atoms in total. The third-order valence-corrected chi connectivity index (χ3v) is 2.22. The van der Waals surface area contributed by atoms with Gasteiger partial charge in [0, 0.05) is 6.04 Å². The van der Waals surface area contributed by atoms with Gasteiger partial charge in [-0.3, -0.25) is 4.79 Å². The molecule has 0 aliphatic rings. The van der Waals surface area contributed by atoms with Crippen LogP contribution in [0.2, 0.25) is 0 Å². The number of rotatable bonds is 4. The van der Waals surface area contributed by atoms with Gasteiger partial charge in [-0.05, 0) is 31.8 Å². The molecular formula is C11H14FNO2. The van der Waals surface area contributed by atoms with E-state index in [0.717, 1.165) is 0 Å². The maximum absolute atomic E-state index is 13.0. The lowest BCUT2D eigenvalue weighted by Gasteiger charge is -2.23. The average Bonchev–Trinajstić information content (AvgIpc) is 2.13. The van der Waals surface area contributed by atoms with Crippen LogP contribution in [-0.4, -0.2) is 30.1 Å². The second-order valence-corrected chi connectivity index (χ2v) is 3.63. The summed E-state index contributed by atoms with van der Waals surface area (Å²) in [5.74, 6) is -1.23. The Morgan fingerprint density at radius 3 is 2.67 bits per heavy atom. The van der Waals surface area contributed by atoms with Crippen molar-refractivity contribution in [1.29, 1.82) is 0 Å². The maximum Gasteiger partial charge on any atom is 0.305 e. The number of hydrogen-bond acceptors (Lipinski definition) is 2. The monoisotopic (exact) mass is 211 g/mol. The number of nitrogens with zero attached hydrogens (tertiary/aromatic N) is 1. The van der Waals surface area contributed by atoms with E-state index in [9.17, 15) is 9.18 Å². The van der Waals surface area contributed by atoms with Crippen LogP contribution in [0.25, 0.3) is 0 Å². The van der Waals surface area contributed by atoms with E-state index in [2.05, 4.69) is 0 Å². The molecule has 1 rings (SSSR count). The summed E-state index contributed by atoms with van der Waals surface area (Å²) in [4.78, 5) is 12.4. The molecule has 0 saturated carbocycles. The van der Waals surface area contributed by atoms with E-state index in [4.69, 9.17) is 5.11 Å². The summed E-state index contributed by atoms with van der Waals surface area (Å²) in [5, 5.41) is 8.74. The van der Waals surface area contributed by atoms with Crippen molar-refractivity contribution in [1.82, 2.24) is 4.90 Å². The topological polar surface area (TPSA) is 40.5 Å². The molecule has 0 aliphatic heterocycles. The smallest absolute Gasteiger partial charge is 0.305 e. The Balaban J connectivity index is 2.93. The van der Waals surface area contributed by atoms with Crippen LogP contribution in [-0.2, 0) is 4.79 Å². The van der Waals surface area contributed by atoms with Crippen LogP contribution in [0.1, 0.15) is 18.0 Å². The minimum absolute atomic E-state index is 0.0313. The van der Waals surface area contributed by atoms with Crippen molar-refractivity contribution in [3.05, 3.63) is 35.6 Å². The van der Waals surface area contributed by atoms with Gasteiger partial charge in [-0.2, -0.15) is 0 Å². The second kappa shape index (κ2) is 4.89. The first-order valence-corrected chi connectivity index (χ1v) is 4.64. The molecule has 0 aliphatic carbocycles. The fourth-order valence-corrected chi connectivity index (χ4v) is 1.48. The number of halogens is 1. The van der Waals surface area contributed by atoms with Gasteiger partial charge in [-0.1, -0.05) is 12.1 Å². The largest absolute Gasteiger partial charge is 0.481 e. The van der Waals surface area contributed by atoms with Gasteiger partial charge < -0.3 is 10.0 Å². The second-order valence-electron chi connectivity index (χ2n) is 3.63. The lowest BCUT2D eigenvalue weighted by atomic mass is 10.0. The molecule has 1 atom stereocenters. The molecule has 0 heterocycles. The molecule has 1 unspecified atom stereocenters. The molecule has 1 aromatic carbocycles. The number of hydrogen-bond donors (Lipinski definition) is 1. The van der Waals surface area contributed by atoms with Crippen molar-refractivity contribution in [2.75, 3.05) is 14.1 Å². The van der Waals surface area contributed by atoms with Crippen LogP contribution < -0.4 is 0 Å². The molecule has 0 saturated heterocycles. The van der Waals surface area contributed by atoms with Crippen molar-refractivity contribution >= 4 is 5.97 Å². The quantitative estimate of drug-likeness (QED) is 0.827. The Morgan fingerprint density at radius 2 is 2.20 bits per heavy atom. The van der Waals surface area contributed by atoms with Gasteiger partial charge in [-0.25, -0.2) is 4.39 Å². The number of aliphatic carboxylic acids is 1. The summed E-state index contributed by atoms with van der Waals surface area (Å²) in [6.45, 7) is 0. The van der Waals surface area contributed by atoms with Gasteiger partial charge in [-0.15, -0.1) is 0 Å². The highest BCUT2D eigenvalue weighted by atomic mass is 19.1. The van der Waals surface area contributed by atoms with Gasteiger partial charge in [0.05, 0.1) is 6.42 Å². The van der Waals surface area contributed by atoms with Crippen LogP contribution in [0.3, 0.4) is 0 Å². The Bertz CT molecular complexity index is 352. The van der Waals surface area contributed by atoms with E-state index >= 15 is 0 Å². The Labute approximate surface area is 88.1 Å². The molecule has 1 N–H and O–H groups in total. The minimum atomic E-state index is -0.891. The molecule has 0 fully saturated rings. The summed E-state index contributed by atoms with van der Waals surface area (Å²) in [6, 6.07) is 5.74. The van der Waals surface area contributed by atoms with Crippen LogP contribution in [0, 0.1) is 5.82 Å². The fourth-order valence-electron chi connectivity index (χ4n) is 1.48. The molecule has 15 heavy (non-hydrogen) atoms. The van der Waals surface area contributed by atoms with Crippen LogP contribution in [0.15, 0.2) is 24.3 Å². The molecule has 0 aromatic heterocycles. The highest BCUT2D eigenvalue weighted by molar-refractivity contribution is 5.67. The highest BCUT2D eigenvalue weighted by Crippen LogP contribution is 2.22. The zero-order chi connectivity index (χ0) is 11.4. The number of benzene rings is 1. The number of carboxylic acid groups (broad SMARTS) is 1. The van der Waals surface area contributed by atoms with Gasteiger partial charge in [0.15, 0.2) is 0 Å². The standard InChI is InChI=1S/C11H14FNO2/c1-13(2)10(7-11(14)15)8-4-3-5-9(12)6-8/h3-6,10H,7H2,1-2H3,(H,14,15). The molecule has 0 spiro atoms. The fraction of sp³-hybridized carbons (Fsp3) is 0.364. The van der Waals surface area contributed by atoms with Crippen molar-refractivity contribution in [2.24, 2.45) is 0 Å². The van der Waals surface area contributed by atoms with Crippen LogP contribution >= 0.6 is 0 Å². The van der Waals surface area contributed by atoms with Crippen molar-refractivity contribution < 1.29 is 14.3 Å². The molecule has 0 radical (unpaired) electrons. The minimum Gasteiger partial charge on any atom is -0.481 e. The van der Waals surface area contributed by atoms with Crippen molar-refractivity contribution in [3.8, 4) is 0 Å². The molecule has 82 valence electrons. The zero-order valence-electron chi connectivity index (χ0n) is 8.77. The Morgan fingerprint density at radius 1 is 1.53 bits per heavy atom. The summed E-state index contributed by atoms with van der Waals surface area (Å²) in [6.07, 6.45) is -0.0313. The first kappa shape index (κ1) is 11.7. The zero-order valence-corrected chi connectivity index (χ0v) is 8.77. The first-order valence-electron chi connectivity index (χ1n) is 4.64. The number of carboxylic acids is 1. The van der Waals surface area contributed by atoms with Crippen LogP contribution in [0.4, 0.5) is 4.39 Å². The van der Waals surface area contributed by atoms with E-state index in [1.54, 1.807) is 31.1 Å². The van der Waals surface area contributed by atoms with E-state index in [-0.39, 0.29) is 18.3 Å². The summed E-state index contributed by atoms with van der Waals surface area (Å²) >= 11 is 0. The van der Waals surface area contributed by atoms with Gasteiger partial charge in [0.2, 0.25) is 0 Å². The Hall–Kier alpha value is -1.42. The van der Waals surface area contributed by atoms with E-state index in [1.165, 1.54) is 12.1 Å². The van der Waals surface area contributed by atoms with Crippen molar-refractivity contribution in [2.45, 2.75) is 12.5 Å². The third kappa shape index (κ3) is 3.32. The van der Waals surface area contributed by atoms with Gasteiger partial charge in [0.1, 0.15) is 5.82 Å². The van der Waals surface area contributed by atoms with Gasteiger partial charge in [0.25, 0.3) is 0 Å².